The fourth-order valence-corrected chi connectivity index (χ4v) is 5.88. The molecule has 0 aliphatic carbocycles. The molecular formula is C21H17AsBrNO3S. The van der Waals surface area contributed by atoms with Gasteiger partial charge in [-0.15, -0.1) is 0 Å². The van der Waals surface area contributed by atoms with Gasteiger partial charge in [-0.25, -0.2) is 0 Å². The summed E-state index contributed by atoms with van der Waals surface area (Å²) in [6.07, 6.45) is 3.55. The number of hydrogen-bond acceptors (Lipinski definition) is 5. The van der Waals surface area contributed by atoms with Crippen molar-refractivity contribution in [2.75, 3.05) is 7.11 Å². The molecule has 0 aliphatic rings. The molecule has 3 aromatic rings. The van der Waals surface area contributed by atoms with Gasteiger partial charge in [-0.05, 0) is 0 Å². The number of methoxy groups -OCH3 is 1. The Bertz CT molecular complexity index is 998. The van der Waals surface area contributed by atoms with Gasteiger partial charge in [-0.1, -0.05) is 0 Å². The van der Waals surface area contributed by atoms with Crippen molar-refractivity contribution in [3.63, 3.8) is 0 Å². The third-order valence-electron chi connectivity index (χ3n) is 3.89. The number of halogens is 1. The summed E-state index contributed by atoms with van der Waals surface area (Å²) in [5.41, 5.74) is 2.31. The summed E-state index contributed by atoms with van der Waals surface area (Å²) >= 11 is 3.85. The molecule has 1 aromatic heterocycles. The van der Waals surface area contributed by atoms with E-state index < -0.39 is 21.7 Å². The molecule has 0 N–H and O–H groups in total. The van der Waals surface area contributed by atoms with Crippen molar-refractivity contribution in [3.05, 3.63) is 88.2 Å². The maximum atomic E-state index is 12.9. The average molecular weight is 518 g/mol. The van der Waals surface area contributed by atoms with E-state index in [1.165, 1.54) is 12.7 Å². The summed E-state index contributed by atoms with van der Waals surface area (Å²) in [5, 5.41) is 0. The molecule has 2 aromatic carbocycles. The number of carbonyl (C=O) groups is 2. The molecular weight excluding hydrogens is 501 g/mol. The fourth-order valence-electron chi connectivity index (χ4n) is 2.47. The number of rotatable bonds is 7. The Hall–Kier alpha value is -1.88. The number of nitrogens with zero attached hydrogens (tertiary/aromatic N) is 1. The quantitative estimate of drug-likeness (QED) is 0.271. The first kappa shape index (κ1) is 20.8. The third kappa shape index (κ3) is 5.57. The zero-order valence-corrected chi connectivity index (χ0v) is 19.5. The van der Waals surface area contributed by atoms with Crippen LogP contribution in [0.25, 0.3) is 0 Å². The normalized spacial score (nSPS) is 10.9. The van der Waals surface area contributed by atoms with Crippen LogP contribution in [0.4, 0.5) is 0 Å². The van der Waals surface area contributed by atoms with E-state index in [9.17, 15) is 9.59 Å². The van der Waals surface area contributed by atoms with E-state index >= 15 is 0 Å². The number of carbonyl (C=O) groups excluding carboxylic acids is 2. The number of esters is 1. The average Bonchev–Trinajstić information content (AvgIpc) is 2.74. The molecule has 0 aliphatic heterocycles. The minimum atomic E-state index is -1.19. The van der Waals surface area contributed by atoms with Gasteiger partial charge in [0.2, 0.25) is 0 Å². The van der Waals surface area contributed by atoms with Crippen LogP contribution in [0.2, 0.25) is 0 Å². The zero-order chi connectivity index (χ0) is 19.9. The molecule has 0 spiro atoms. The van der Waals surface area contributed by atoms with E-state index in [-0.39, 0.29) is 4.57 Å². The van der Waals surface area contributed by atoms with E-state index in [0.29, 0.717) is 11.1 Å². The third-order valence-corrected chi connectivity index (χ3v) is 8.01. The summed E-state index contributed by atoms with van der Waals surface area (Å²) in [7, 11) is 1.35. The molecule has 0 radical (unpaired) electrons. The van der Waals surface area contributed by atoms with Crippen molar-refractivity contribution in [1.82, 2.24) is 4.98 Å². The van der Waals surface area contributed by atoms with E-state index in [4.69, 9.17) is 4.74 Å². The zero-order valence-electron chi connectivity index (χ0n) is 15.0. The molecule has 0 fully saturated rings. The van der Waals surface area contributed by atoms with Crippen LogP contribution in [-0.4, -0.2) is 38.4 Å². The van der Waals surface area contributed by atoms with Crippen molar-refractivity contribution in [2.45, 2.75) is 10.6 Å². The number of ether oxygens (including phenoxy) is 1. The van der Waals surface area contributed by atoms with Crippen molar-refractivity contribution >= 4 is 58.3 Å². The number of pyridine rings is 1. The fraction of sp³-hybridized carbons (Fsp3) is 0.0952. The van der Waals surface area contributed by atoms with Crippen LogP contribution in [-0.2, 0) is 10.5 Å². The molecule has 0 bridgehead atoms. The molecule has 1 atom stereocenters. The molecule has 3 rings (SSSR count). The molecule has 0 saturated heterocycles. The first-order valence-electron chi connectivity index (χ1n) is 8.38. The molecule has 1 heterocycles. The molecule has 0 amide bonds. The first-order chi connectivity index (χ1) is 13.6. The second-order valence-corrected chi connectivity index (χ2v) is 10.4. The Labute approximate surface area is 182 Å². The monoisotopic (exact) mass is 517 g/mol. The van der Waals surface area contributed by atoms with E-state index in [0.717, 1.165) is 19.5 Å². The van der Waals surface area contributed by atoms with Crippen molar-refractivity contribution in [2.24, 2.45) is 0 Å². The van der Waals surface area contributed by atoms with Crippen molar-refractivity contribution < 1.29 is 14.3 Å². The molecule has 0 saturated carbocycles. The summed E-state index contributed by atoms with van der Waals surface area (Å²) in [5.74, 6) is 0.393. The van der Waals surface area contributed by atoms with Gasteiger partial charge in [0, 0.05) is 0 Å². The van der Waals surface area contributed by atoms with Gasteiger partial charge in [0.1, 0.15) is 0 Å². The second kappa shape index (κ2) is 10.1. The van der Waals surface area contributed by atoms with Crippen LogP contribution in [0.15, 0.2) is 76.4 Å². The summed E-state index contributed by atoms with van der Waals surface area (Å²) in [6, 6.07) is 17.0. The molecule has 1 unspecified atom stereocenters. The Morgan fingerprint density at radius 3 is 2.64 bits per heavy atom. The predicted molar refractivity (Wildman–Crippen MR) is 117 cm³/mol. The topological polar surface area (TPSA) is 56.3 Å². The predicted octanol–water partition coefficient (Wildman–Crippen LogP) is 3.83. The summed E-state index contributed by atoms with van der Waals surface area (Å²) in [6.45, 7) is 0. The van der Waals surface area contributed by atoms with Gasteiger partial charge in [0.15, 0.2) is 0 Å². The van der Waals surface area contributed by atoms with E-state index in [1.807, 2.05) is 48.5 Å². The number of benzene rings is 2. The molecule has 28 heavy (non-hydrogen) atoms. The number of hydrogen-bond donors (Lipinski definition) is 0. The van der Waals surface area contributed by atoms with E-state index in [1.54, 1.807) is 30.2 Å². The first-order valence-corrected chi connectivity index (χ1v) is 12.3. The molecule has 4 nitrogen and oxygen atoms in total. The van der Waals surface area contributed by atoms with Gasteiger partial charge >= 0.3 is 184 Å². The van der Waals surface area contributed by atoms with Gasteiger partial charge in [-0.3, -0.25) is 0 Å². The second-order valence-electron chi connectivity index (χ2n) is 5.81. The Morgan fingerprint density at radius 1 is 1.11 bits per heavy atom. The van der Waals surface area contributed by atoms with Gasteiger partial charge in [0.05, 0.1) is 0 Å². The standard InChI is InChI=1S/C21H17AsBrNO3S/c1-27-21(26)18-12-16(23)5-6-19(18)22-20(25)15-3-2-4-17(11-15)28-13-14-7-9-24-10-8-14/h2-12,22H,13H2,1H3. The Kier molecular flexibility index (Phi) is 7.49. The summed E-state index contributed by atoms with van der Waals surface area (Å²) in [4.78, 5) is 30.0. The number of aromatic nitrogens is 1. The summed E-state index contributed by atoms with van der Waals surface area (Å²) < 4.78 is 6.49. The van der Waals surface area contributed by atoms with Crippen LogP contribution >= 0.6 is 27.7 Å². The van der Waals surface area contributed by atoms with Crippen LogP contribution < -0.4 is 4.35 Å². The Balaban J connectivity index is 1.74. The van der Waals surface area contributed by atoms with Gasteiger partial charge in [-0.2, -0.15) is 0 Å². The SMILES string of the molecule is COC(=O)c1cc(Br)ccc1[AsH]C(=O)c1cccc(SCc2ccncc2)c1. The van der Waals surface area contributed by atoms with Crippen LogP contribution in [0.1, 0.15) is 26.3 Å². The van der Waals surface area contributed by atoms with Gasteiger partial charge < -0.3 is 0 Å². The molecule has 142 valence electrons. The minimum absolute atomic E-state index is 0.0823. The number of thioether (sulfide) groups is 1. The van der Waals surface area contributed by atoms with Crippen LogP contribution in [0, 0.1) is 0 Å². The van der Waals surface area contributed by atoms with Crippen molar-refractivity contribution in [3.8, 4) is 0 Å². The maximum absolute atomic E-state index is 12.9. The van der Waals surface area contributed by atoms with Gasteiger partial charge in [0.25, 0.3) is 0 Å². The van der Waals surface area contributed by atoms with Crippen LogP contribution in [0.5, 0.6) is 0 Å². The van der Waals surface area contributed by atoms with Crippen molar-refractivity contribution in [1.29, 1.82) is 0 Å². The molecule has 7 heteroatoms. The van der Waals surface area contributed by atoms with Crippen LogP contribution in [0.3, 0.4) is 0 Å². The Morgan fingerprint density at radius 2 is 1.89 bits per heavy atom. The van der Waals surface area contributed by atoms with E-state index in [2.05, 4.69) is 20.9 Å².